The number of benzene rings is 2. The number of urea groups is 1. The molecule has 0 saturated carbocycles. The second-order valence-electron chi connectivity index (χ2n) is 8.18. The first-order chi connectivity index (χ1) is 15.4. The van der Waals surface area contributed by atoms with Crippen LogP contribution in [0.5, 0.6) is 0 Å². The van der Waals surface area contributed by atoms with E-state index in [2.05, 4.69) is 10.3 Å². The Labute approximate surface area is 192 Å². The van der Waals surface area contributed by atoms with E-state index in [9.17, 15) is 9.59 Å². The summed E-state index contributed by atoms with van der Waals surface area (Å²) in [6.45, 7) is 5.16. The van der Waals surface area contributed by atoms with Crippen LogP contribution in [0.4, 0.5) is 10.5 Å². The average Bonchev–Trinajstić information content (AvgIpc) is 2.81. The van der Waals surface area contributed by atoms with Crippen LogP contribution in [-0.4, -0.2) is 35.0 Å². The number of ether oxygens (including phenoxy) is 1. The minimum absolute atomic E-state index is 0.0856. The third-order valence-electron chi connectivity index (χ3n) is 6.05. The lowest BCUT2D eigenvalue weighted by Gasteiger charge is -2.31. The molecule has 0 radical (unpaired) electrons. The second kappa shape index (κ2) is 9.57. The number of hydrogen-bond donors (Lipinski definition) is 1. The zero-order valence-corrected chi connectivity index (χ0v) is 19.0. The zero-order chi connectivity index (χ0) is 22.7. The van der Waals surface area contributed by atoms with Gasteiger partial charge < -0.3 is 15.0 Å². The second-order valence-corrected chi connectivity index (χ2v) is 8.54. The maximum Gasteiger partial charge on any atom is 0.321 e. The van der Waals surface area contributed by atoms with Gasteiger partial charge in [0.15, 0.2) is 0 Å². The summed E-state index contributed by atoms with van der Waals surface area (Å²) in [6, 6.07) is 15.2. The van der Waals surface area contributed by atoms with Crippen LogP contribution in [0, 0.1) is 19.8 Å². The fourth-order valence-corrected chi connectivity index (χ4v) is 4.11. The summed E-state index contributed by atoms with van der Waals surface area (Å²) in [6.07, 6.45) is 1.15. The Morgan fingerprint density at radius 3 is 2.56 bits per heavy atom. The van der Waals surface area contributed by atoms with E-state index in [-0.39, 0.29) is 24.5 Å². The third-order valence-corrected chi connectivity index (χ3v) is 6.38. The summed E-state index contributed by atoms with van der Waals surface area (Å²) < 4.78 is 5.56. The number of halogens is 1. The van der Waals surface area contributed by atoms with Crippen molar-refractivity contribution in [2.45, 2.75) is 33.3 Å². The van der Waals surface area contributed by atoms with Crippen LogP contribution in [0.15, 0.2) is 48.5 Å². The Hall–Kier alpha value is -3.12. The number of carbonyl (C=O) groups is 2. The molecule has 166 valence electrons. The molecule has 2 amide bonds. The van der Waals surface area contributed by atoms with Crippen molar-refractivity contribution in [2.75, 3.05) is 18.4 Å². The molecule has 2 heterocycles. The van der Waals surface area contributed by atoms with E-state index in [1.165, 1.54) is 0 Å². The molecular formula is C25H26ClN3O3. The number of aryl methyl sites for hydroxylation is 2. The Morgan fingerprint density at radius 1 is 1.12 bits per heavy atom. The molecule has 4 rings (SSSR count). The van der Waals surface area contributed by atoms with Gasteiger partial charge in [0, 0.05) is 29.7 Å². The highest BCUT2D eigenvalue weighted by Gasteiger charge is 2.28. The first-order valence-electron chi connectivity index (χ1n) is 10.8. The molecule has 0 aliphatic carbocycles. The first kappa shape index (κ1) is 22.1. The van der Waals surface area contributed by atoms with Crippen molar-refractivity contribution in [2.24, 2.45) is 5.92 Å². The van der Waals surface area contributed by atoms with Crippen molar-refractivity contribution < 1.29 is 14.3 Å². The van der Waals surface area contributed by atoms with E-state index in [1.54, 1.807) is 4.90 Å². The highest BCUT2D eigenvalue weighted by Crippen LogP contribution is 2.26. The summed E-state index contributed by atoms with van der Waals surface area (Å²) in [5, 5.41) is 4.21. The van der Waals surface area contributed by atoms with Gasteiger partial charge in [0.1, 0.15) is 11.8 Å². The van der Waals surface area contributed by atoms with Crippen LogP contribution in [-0.2, 0) is 16.1 Å². The van der Waals surface area contributed by atoms with Crippen molar-refractivity contribution in [3.05, 3.63) is 70.4 Å². The van der Waals surface area contributed by atoms with Crippen LogP contribution in [0.2, 0.25) is 5.15 Å². The predicted octanol–water partition coefficient (Wildman–Crippen LogP) is 5.49. The Morgan fingerprint density at radius 2 is 1.84 bits per heavy atom. The number of anilines is 1. The summed E-state index contributed by atoms with van der Waals surface area (Å²) in [5.41, 5.74) is 4.56. The normalized spacial score (nSPS) is 14.4. The van der Waals surface area contributed by atoms with Gasteiger partial charge in [-0.05, 0) is 56.0 Å². The molecule has 1 aliphatic heterocycles. The summed E-state index contributed by atoms with van der Waals surface area (Å²) >= 11 is 6.36. The van der Waals surface area contributed by atoms with Crippen molar-refractivity contribution in [1.82, 2.24) is 9.88 Å². The molecule has 2 aromatic carbocycles. The number of likely N-dealkylation sites (tertiary alicyclic amines) is 1. The zero-order valence-electron chi connectivity index (χ0n) is 18.2. The van der Waals surface area contributed by atoms with Crippen LogP contribution < -0.4 is 5.32 Å². The Bertz CT molecular complexity index is 1140. The Balaban J connectivity index is 1.31. The van der Waals surface area contributed by atoms with E-state index in [0.717, 1.165) is 27.7 Å². The molecule has 3 aromatic rings. The van der Waals surface area contributed by atoms with E-state index < -0.39 is 0 Å². The fraction of sp³-hybridized carbons (Fsp3) is 0.320. The molecule has 1 saturated heterocycles. The molecular weight excluding hydrogens is 426 g/mol. The van der Waals surface area contributed by atoms with Gasteiger partial charge in [-0.2, -0.15) is 0 Å². The molecule has 6 nitrogen and oxygen atoms in total. The minimum Gasteiger partial charge on any atom is -0.460 e. The molecule has 7 heteroatoms. The predicted molar refractivity (Wildman–Crippen MR) is 126 cm³/mol. The number of piperidine rings is 1. The SMILES string of the molecule is Cc1ccc2cc(COC(=O)C3CCN(C(=O)Nc4ccccc4)CC3)c(Cl)nc2c1C. The third kappa shape index (κ3) is 4.86. The molecule has 1 fully saturated rings. The lowest BCUT2D eigenvalue weighted by atomic mass is 9.97. The van der Waals surface area contributed by atoms with E-state index >= 15 is 0 Å². The average molecular weight is 452 g/mol. The number of esters is 1. The largest absolute Gasteiger partial charge is 0.460 e. The van der Waals surface area contributed by atoms with Crippen molar-refractivity contribution in [1.29, 1.82) is 0 Å². The lowest BCUT2D eigenvalue weighted by molar-refractivity contribution is -0.151. The van der Waals surface area contributed by atoms with Gasteiger partial charge in [-0.25, -0.2) is 9.78 Å². The quantitative estimate of drug-likeness (QED) is 0.420. The van der Waals surface area contributed by atoms with Gasteiger partial charge >= 0.3 is 12.0 Å². The highest BCUT2D eigenvalue weighted by molar-refractivity contribution is 6.30. The molecule has 0 bridgehead atoms. The van der Waals surface area contributed by atoms with Crippen molar-refractivity contribution >= 4 is 40.2 Å². The monoisotopic (exact) mass is 451 g/mol. The molecule has 0 unspecified atom stereocenters. The van der Waals surface area contributed by atoms with Gasteiger partial charge in [0.25, 0.3) is 0 Å². The maximum atomic E-state index is 12.6. The number of nitrogens with zero attached hydrogens (tertiary/aromatic N) is 2. The summed E-state index contributed by atoms with van der Waals surface area (Å²) in [7, 11) is 0. The standard InChI is InChI=1S/C25H26ClN3O3/c1-16-8-9-19-14-20(23(26)28-22(19)17(16)2)15-32-24(30)18-10-12-29(13-11-18)25(31)27-21-6-4-3-5-7-21/h3-9,14,18H,10-13,15H2,1-2H3,(H,27,31). The Kier molecular flexibility index (Phi) is 6.61. The molecule has 1 N–H and O–H groups in total. The van der Waals surface area contributed by atoms with Crippen LogP contribution in [0.1, 0.15) is 29.5 Å². The molecule has 32 heavy (non-hydrogen) atoms. The van der Waals surface area contributed by atoms with E-state index in [0.29, 0.717) is 36.6 Å². The van der Waals surface area contributed by atoms with Crippen LogP contribution in [0.25, 0.3) is 10.9 Å². The van der Waals surface area contributed by atoms with E-state index in [4.69, 9.17) is 16.3 Å². The van der Waals surface area contributed by atoms with Gasteiger partial charge in [0.2, 0.25) is 0 Å². The number of amides is 2. The first-order valence-corrected chi connectivity index (χ1v) is 11.1. The van der Waals surface area contributed by atoms with Crippen LogP contribution >= 0.6 is 11.6 Å². The van der Waals surface area contributed by atoms with E-state index in [1.807, 2.05) is 62.4 Å². The topological polar surface area (TPSA) is 71.5 Å². The van der Waals surface area contributed by atoms with Crippen molar-refractivity contribution in [3.63, 3.8) is 0 Å². The number of carbonyl (C=O) groups excluding carboxylic acids is 2. The van der Waals surface area contributed by atoms with Crippen LogP contribution in [0.3, 0.4) is 0 Å². The summed E-state index contributed by atoms with van der Waals surface area (Å²) in [4.78, 5) is 31.3. The molecule has 0 spiro atoms. The number of nitrogens with one attached hydrogen (secondary N) is 1. The number of para-hydroxylation sites is 1. The number of fused-ring (bicyclic) bond motifs is 1. The highest BCUT2D eigenvalue weighted by atomic mass is 35.5. The van der Waals surface area contributed by atoms with Gasteiger partial charge in [0.05, 0.1) is 11.4 Å². The fourth-order valence-electron chi connectivity index (χ4n) is 3.91. The lowest BCUT2D eigenvalue weighted by Crippen LogP contribution is -2.42. The number of hydrogen-bond acceptors (Lipinski definition) is 4. The van der Waals surface area contributed by atoms with Gasteiger partial charge in [-0.15, -0.1) is 0 Å². The van der Waals surface area contributed by atoms with Gasteiger partial charge in [-0.1, -0.05) is 41.9 Å². The molecule has 0 atom stereocenters. The molecule has 1 aromatic heterocycles. The number of pyridine rings is 1. The number of aromatic nitrogens is 1. The molecule has 1 aliphatic rings. The smallest absolute Gasteiger partial charge is 0.321 e. The van der Waals surface area contributed by atoms with Crippen molar-refractivity contribution in [3.8, 4) is 0 Å². The maximum absolute atomic E-state index is 12.6. The van der Waals surface area contributed by atoms with Gasteiger partial charge in [-0.3, -0.25) is 4.79 Å². The summed E-state index contributed by atoms with van der Waals surface area (Å²) in [5.74, 6) is -0.489. The minimum atomic E-state index is -0.260. The number of rotatable bonds is 4.